The highest BCUT2D eigenvalue weighted by atomic mass is 16.2. The Morgan fingerprint density at radius 3 is 2.65 bits per heavy atom. The number of benzene rings is 1. The monoisotopic (exact) mass is 348 g/mol. The number of pyridine rings is 1. The number of nitrogens with zero attached hydrogens (tertiary/aromatic N) is 4. The van der Waals surface area contributed by atoms with Gasteiger partial charge in [-0.05, 0) is 30.5 Å². The summed E-state index contributed by atoms with van der Waals surface area (Å²) >= 11 is 0. The third-order valence-electron chi connectivity index (χ3n) is 4.74. The van der Waals surface area contributed by atoms with E-state index in [4.69, 9.17) is 0 Å². The molecule has 1 aliphatic carbocycles. The number of aromatic nitrogens is 3. The van der Waals surface area contributed by atoms with Crippen molar-refractivity contribution in [3.63, 3.8) is 0 Å². The first-order chi connectivity index (χ1) is 12.6. The highest BCUT2D eigenvalue weighted by molar-refractivity contribution is 5.88. The SMILES string of the molecule is Cn1nc(CC(=O)N(Cc2cccnc2)C2CC2)c2ccccc2c1=O. The molecule has 1 fully saturated rings. The molecule has 2 aromatic heterocycles. The molecule has 4 rings (SSSR count). The van der Waals surface area contributed by atoms with Crippen LogP contribution < -0.4 is 5.56 Å². The first-order valence-electron chi connectivity index (χ1n) is 8.77. The molecule has 1 saturated carbocycles. The average molecular weight is 348 g/mol. The van der Waals surface area contributed by atoms with E-state index in [-0.39, 0.29) is 17.9 Å². The first kappa shape index (κ1) is 16.4. The summed E-state index contributed by atoms with van der Waals surface area (Å²) in [6, 6.07) is 11.5. The van der Waals surface area contributed by atoms with E-state index in [2.05, 4.69) is 10.1 Å². The van der Waals surface area contributed by atoms with Gasteiger partial charge in [0.25, 0.3) is 5.56 Å². The van der Waals surface area contributed by atoms with Crippen LogP contribution in [-0.4, -0.2) is 31.6 Å². The lowest BCUT2D eigenvalue weighted by Gasteiger charge is -2.22. The molecular formula is C20H20N4O2. The zero-order chi connectivity index (χ0) is 18.1. The van der Waals surface area contributed by atoms with Gasteiger partial charge in [0.15, 0.2) is 0 Å². The number of hydrogen-bond donors (Lipinski definition) is 0. The minimum atomic E-state index is -0.147. The standard InChI is InChI=1S/C20H20N4O2/c1-23-20(26)17-7-3-2-6-16(17)18(22-23)11-19(25)24(15-8-9-15)13-14-5-4-10-21-12-14/h2-7,10,12,15H,8-9,11,13H2,1H3. The zero-order valence-corrected chi connectivity index (χ0v) is 14.6. The fourth-order valence-electron chi connectivity index (χ4n) is 3.25. The van der Waals surface area contributed by atoms with Crippen LogP contribution in [0.5, 0.6) is 0 Å². The van der Waals surface area contributed by atoms with E-state index in [1.807, 2.05) is 35.2 Å². The summed E-state index contributed by atoms with van der Waals surface area (Å²) in [5, 5.41) is 5.70. The quantitative estimate of drug-likeness (QED) is 0.708. The van der Waals surface area contributed by atoms with Crippen molar-refractivity contribution in [1.29, 1.82) is 0 Å². The van der Waals surface area contributed by atoms with Gasteiger partial charge in [0, 0.05) is 37.4 Å². The van der Waals surface area contributed by atoms with Crippen LogP contribution in [-0.2, 0) is 24.8 Å². The predicted octanol–water partition coefficient (Wildman–Crippen LogP) is 2.06. The number of carbonyl (C=O) groups excluding carboxylic acids is 1. The molecule has 0 radical (unpaired) electrons. The van der Waals surface area contributed by atoms with E-state index in [1.54, 1.807) is 25.5 Å². The van der Waals surface area contributed by atoms with Gasteiger partial charge in [-0.2, -0.15) is 5.10 Å². The average Bonchev–Trinajstić information content (AvgIpc) is 3.50. The summed E-state index contributed by atoms with van der Waals surface area (Å²) in [5.74, 6) is 0.0349. The van der Waals surface area contributed by atoms with Gasteiger partial charge in [0.05, 0.1) is 17.5 Å². The van der Waals surface area contributed by atoms with E-state index >= 15 is 0 Å². The summed E-state index contributed by atoms with van der Waals surface area (Å²) in [5.41, 5.74) is 1.52. The number of aryl methyl sites for hydroxylation is 1. The number of carbonyl (C=O) groups is 1. The Balaban J connectivity index is 1.64. The summed E-state index contributed by atoms with van der Waals surface area (Å²) in [7, 11) is 1.62. The van der Waals surface area contributed by atoms with Crippen molar-refractivity contribution in [3.8, 4) is 0 Å². The van der Waals surface area contributed by atoms with Gasteiger partial charge in [-0.1, -0.05) is 24.3 Å². The maximum absolute atomic E-state index is 13.0. The van der Waals surface area contributed by atoms with Crippen LogP contribution in [0.15, 0.2) is 53.6 Å². The second kappa shape index (κ2) is 6.71. The highest BCUT2D eigenvalue weighted by Gasteiger charge is 2.33. The normalized spacial score (nSPS) is 13.7. The molecule has 0 N–H and O–H groups in total. The van der Waals surface area contributed by atoms with Crippen molar-refractivity contribution in [2.24, 2.45) is 7.05 Å². The van der Waals surface area contributed by atoms with E-state index in [1.165, 1.54) is 4.68 Å². The topological polar surface area (TPSA) is 68.1 Å². The van der Waals surface area contributed by atoms with Crippen LogP contribution >= 0.6 is 0 Å². The van der Waals surface area contributed by atoms with Crippen LogP contribution in [0, 0.1) is 0 Å². The molecule has 1 aromatic carbocycles. The van der Waals surface area contributed by atoms with Crippen molar-refractivity contribution in [2.45, 2.75) is 31.8 Å². The Labute approximate surface area is 151 Å². The lowest BCUT2D eigenvalue weighted by molar-refractivity contribution is -0.131. The molecule has 0 bridgehead atoms. The van der Waals surface area contributed by atoms with Crippen LogP contribution in [0.2, 0.25) is 0 Å². The lowest BCUT2D eigenvalue weighted by atomic mass is 10.1. The highest BCUT2D eigenvalue weighted by Crippen LogP contribution is 2.29. The van der Waals surface area contributed by atoms with Gasteiger partial charge < -0.3 is 4.90 Å². The van der Waals surface area contributed by atoms with Crippen molar-refractivity contribution in [2.75, 3.05) is 0 Å². The van der Waals surface area contributed by atoms with Gasteiger partial charge in [0.2, 0.25) is 5.91 Å². The van der Waals surface area contributed by atoms with Crippen molar-refractivity contribution in [1.82, 2.24) is 19.7 Å². The molecule has 2 heterocycles. The second-order valence-corrected chi connectivity index (χ2v) is 6.71. The van der Waals surface area contributed by atoms with Crippen molar-refractivity contribution in [3.05, 3.63) is 70.4 Å². The van der Waals surface area contributed by atoms with E-state index in [0.29, 0.717) is 23.7 Å². The molecule has 0 aliphatic heterocycles. The summed E-state index contributed by atoms with van der Waals surface area (Å²) in [4.78, 5) is 31.3. The molecule has 132 valence electrons. The molecule has 3 aromatic rings. The predicted molar refractivity (Wildman–Crippen MR) is 98.5 cm³/mol. The van der Waals surface area contributed by atoms with Gasteiger partial charge in [-0.15, -0.1) is 0 Å². The van der Waals surface area contributed by atoms with Crippen LogP contribution in [0.25, 0.3) is 10.8 Å². The largest absolute Gasteiger partial charge is 0.335 e. The Morgan fingerprint density at radius 1 is 1.19 bits per heavy atom. The van der Waals surface area contributed by atoms with Crippen LogP contribution in [0.4, 0.5) is 0 Å². The number of hydrogen-bond acceptors (Lipinski definition) is 4. The maximum atomic E-state index is 13.0. The Kier molecular flexibility index (Phi) is 4.24. The third-order valence-corrected chi connectivity index (χ3v) is 4.74. The fraction of sp³-hybridized carbons (Fsp3) is 0.300. The summed E-state index contributed by atoms with van der Waals surface area (Å²) in [6.07, 6.45) is 5.78. The number of amides is 1. The van der Waals surface area contributed by atoms with E-state index in [0.717, 1.165) is 23.8 Å². The molecule has 1 amide bonds. The molecule has 0 atom stereocenters. The van der Waals surface area contributed by atoms with E-state index in [9.17, 15) is 9.59 Å². The van der Waals surface area contributed by atoms with E-state index < -0.39 is 0 Å². The molecule has 0 unspecified atom stereocenters. The van der Waals surface area contributed by atoms with Gasteiger partial charge in [-0.3, -0.25) is 14.6 Å². The maximum Gasteiger partial charge on any atom is 0.274 e. The Hall–Kier alpha value is -3.02. The molecular weight excluding hydrogens is 328 g/mol. The smallest absolute Gasteiger partial charge is 0.274 e. The Morgan fingerprint density at radius 2 is 1.96 bits per heavy atom. The molecule has 0 spiro atoms. The minimum Gasteiger partial charge on any atom is -0.335 e. The first-order valence-corrected chi connectivity index (χ1v) is 8.77. The fourth-order valence-corrected chi connectivity index (χ4v) is 3.25. The Bertz CT molecular complexity index is 1010. The molecule has 0 saturated heterocycles. The summed E-state index contributed by atoms with van der Waals surface area (Å²) < 4.78 is 1.31. The lowest BCUT2D eigenvalue weighted by Crippen LogP contribution is -2.34. The second-order valence-electron chi connectivity index (χ2n) is 6.71. The van der Waals surface area contributed by atoms with Crippen molar-refractivity contribution >= 4 is 16.7 Å². The van der Waals surface area contributed by atoms with Gasteiger partial charge in [-0.25, -0.2) is 4.68 Å². The third kappa shape index (κ3) is 3.22. The zero-order valence-electron chi connectivity index (χ0n) is 14.6. The number of fused-ring (bicyclic) bond motifs is 1. The van der Waals surface area contributed by atoms with Crippen LogP contribution in [0.3, 0.4) is 0 Å². The molecule has 6 heteroatoms. The molecule has 26 heavy (non-hydrogen) atoms. The van der Waals surface area contributed by atoms with Crippen LogP contribution in [0.1, 0.15) is 24.1 Å². The summed E-state index contributed by atoms with van der Waals surface area (Å²) in [6.45, 7) is 0.557. The molecule has 1 aliphatic rings. The van der Waals surface area contributed by atoms with Gasteiger partial charge >= 0.3 is 0 Å². The molecule has 6 nitrogen and oxygen atoms in total. The number of rotatable bonds is 5. The van der Waals surface area contributed by atoms with Crippen molar-refractivity contribution < 1.29 is 4.79 Å². The van der Waals surface area contributed by atoms with Gasteiger partial charge in [0.1, 0.15) is 0 Å². The minimum absolute atomic E-state index is 0.0349.